The smallest absolute Gasteiger partial charge is 0.318 e. The van der Waals surface area contributed by atoms with Gasteiger partial charge in [-0.15, -0.1) is 0 Å². The number of urea groups is 1. The quantitative estimate of drug-likeness (QED) is 0.496. The molecule has 8 nitrogen and oxygen atoms in total. The van der Waals surface area contributed by atoms with Crippen LogP contribution >= 0.6 is 0 Å². The zero-order chi connectivity index (χ0) is 28.9. The van der Waals surface area contributed by atoms with Crippen molar-refractivity contribution in [2.24, 2.45) is 11.3 Å². The number of carbonyl (C=O) groups excluding carboxylic acids is 3. The predicted octanol–water partition coefficient (Wildman–Crippen LogP) is 3.84. The van der Waals surface area contributed by atoms with Crippen molar-refractivity contribution in [3.8, 4) is 0 Å². The Balaban J connectivity index is 1.50. The van der Waals surface area contributed by atoms with Crippen LogP contribution < -0.4 is 16.0 Å². The molecule has 4 rings (SSSR count). The lowest BCUT2D eigenvalue weighted by atomic mass is 9.63. The number of nitrogens with zero attached hydrogens (tertiary/aromatic N) is 2. The molecule has 1 aromatic rings. The largest absolute Gasteiger partial charge is 0.351 e. The summed E-state index contributed by atoms with van der Waals surface area (Å²) < 4.78 is 13.6. The number of rotatable bonds is 6. The standard InChI is InChI=1S/C31H48FN5O3/c1-22-21-33-16-19-37(22)29(40)34-26(20-23-10-12-25(32)13-11-23)27(38)36-17-14-31(15-18-36,24-8-6-5-7-9-24)28(39)35-30(2,3)4/h10-13,22,24,26,33H,5-9,14-21H2,1-4H3,(H,34,40)(H,35,39)/t22-,26+/m0/s1. The average Bonchev–Trinajstić information content (AvgIpc) is 2.93. The topological polar surface area (TPSA) is 93.8 Å². The Hall–Kier alpha value is -2.68. The molecule has 0 spiro atoms. The van der Waals surface area contributed by atoms with Gasteiger partial charge in [0.1, 0.15) is 11.9 Å². The van der Waals surface area contributed by atoms with Gasteiger partial charge < -0.3 is 25.8 Å². The van der Waals surface area contributed by atoms with Crippen LogP contribution in [0.4, 0.5) is 9.18 Å². The number of halogens is 1. The van der Waals surface area contributed by atoms with Gasteiger partial charge in [0.05, 0.1) is 5.41 Å². The van der Waals surface area contributed by atoms with Crippen LogP contribution in [0.1, 0.15) is 78.2 Å². The fourth-order valence-electron chi connectivity index (χ4n) is 6.72. The van der Waals surface area contributed by atoms with Gasteiger partial charge >= 0.3 is 6.03 Å². The first-order valence-electron chi connectivity index (χ1n) is 15.1. The van der Waals surface area contributed by atoms with E-state index >= 15 is 0 Å². The van der Waals surface area contributed by atoms with Crippen molar-refractivity contribution < 1.29 is 18.8 Å². The summed E-state index contributed by atoms with van der Waals surface area (Å²) in [5.74, 6) is -0.0459. The van der Waals surface area contributed by atoms with Crippen molar-refractivity contribution in [3.05, 3.63) is 35.6 Å². The molecule has 222 valence electrons. The Labute approximate surface area is 238 Å². The second-order valence-corrected chi connectivity index (χ2v) is 13.1. The zero-order valence-electron chi connectivity index (χ0n) is 24.7. The van der Waals surface area contributed by atoms with Gasteiger partial charge in [0.15, 0.2) is 0 Å². The molecule has 2 atom stereocenters. The number of hydrogen-bond acceptors (Lipinski definition) is 4. The number of hydrogen-bond donors (Lipinski definition) is 3. The van der Waals surface area contributed by atoms with E-state index in [1.165, 1.54) is 18.6 Å². The molecule has 4 amide bonds. The highest BCUT2D eigenvalue weighted by molar-refractivity contribution is 5.88. The molecule has 1 aromatic carbocycles. The summed E-state index contributed by atoms with van der Waals surface area (Å²) in [4.78, 5) is 44.6. The normalized spacial score (nSPS) is 22.9. The Morgan fingerprint density at radius 2 is 1.70 bits per heavy atom. The first-order valence-corrected chi connectivity index (χ1v) is 15.1. The van der Waals surface area contributed by atoms with E-state index in [1.54, 1.807) is 17.0 Å². The summed E-state index contributed by atoms with van der Waals surface area (Å²) in [6.45, 7) is 11.0. The summed E-state index contributed by atoms with van der Waals surface area (Å²) in [7, 11) is 0. The summed E-state index contributed by atoms with van der Waals surface area (Å²) >= 11 is 0. The number of nitrogens with one attached hydrogen (secondary N) is 3. The maximum atomic E-state index is 14.0. The third-order valence-corrected chi connectivity index (χ3v) is 9.01. The van der Waals surface area contributed by atoms with E-state index in [2.05, 4.69) is 16.0 Å². The van der Waals surface area contributed by atoms with E-state index < -0.39 is 11.5 Å². The molecule has 0 aromatic heterocycles. The van der Waals surface area contributed by atoms with Gasteiger partial charge in [-0.05, 0) is 77.0 Å². The molecule has 3 N–H and O–H groups in total. The van der Waals surface area contributed by atoms with E-state index in [4.69, 9.17) is 0 Å². The average molecular weight is 558 g/mol. The molecular weight excluding hydrogens is 509 g/mol. The summed E-state index contributed by atoms with van der Waals surface area (Å²) in [6.07, 6.45) is 7.14. The van der Waals surface area contributed by atoms with Crippen LogP contribution in [0.2, 0.25) is 0 Å². The Morgan fingerprint density at radius 1 is 1.05 bits per heavy atom. The van der Waals surface area contributed by atoms with Crippen LogP contribution in [0.15, 0.2) is 24.3 Å². The van der Waals surface area contributed by atoms with Crippen molar-refractivity contribution in [2.45, 2.75) is 96.7 Å². The third-order valence-electron chi connectivity index (χ3n) is 9.01. The van der Waals surface area contributed by atoms with Gasteiger partial charge in [0.25, 0.3) is 0 Å². The molecule has 40 heavy (non-hydrogen) atoms. The van der Waals surface area contributed by atoms with Crippen LogP contribution in [0.5, 0.6) is 0 Å². The monoisotopic (exact) mass is 557 g/mol. The number of likely N-dealkylation sites (tertiary alicyclic amines) is 1. The summed E-state index contributed by atoms with van der Waals surface area (Å²) in [5, 5.41) is 9.55. The minimum Gasteiger partial charge on any atom is -0.351 e. The first kappa shape index (κ1) is 30.3. The fourth-order valence-corrected chi connectivity index (χ4v) is 6.72. The van der Waals surface area contributed by atoms with Crippen molar-refractivity contribution in [2.75, 3.05) is 32.7 Å². The minimum atomic E-state index is -0.773. The highest BCUT2D eigenvalue weighted by Gasteiger charge is 2.49. The molecule has 1 saturated carbocycles. The van der Waals surface area contributed by atoms with Gasteiger partial charge in [-0.3, -0.25) is 9.59 Å². The van der Waals surface area contributed by atoms with Gasteiger partial charge in [-0.1, -0.05) is 31.4 Å². The second kappa shape index (κ2) is 12.9. The van der Waals surface area contributed by atoms with Crippen LogP contribution in [-0.2, 0) is 16.0 Å². The van der Waals surface area contributed by atoms with Crippen LogP contribution in [0.3, 0.4) is 0 Å². The summed E-state index contributed by atoms with van der Waals surface area (Å²) in [6, 6.07) is 5.07. The molecule has 1 aliphatic carbocycles. The molecule has 3 fully saturated rings. The molecule has 3 aliphatic rings. The minimum absolute atomic E-state index is 0.0164. The van der Waals surface area contributed by atoms with Crippen LogP contribution in [0, 0.1) is 17.2 Å². The van der Waals surface area contributed by atoms with E-state index in [-0.39, 0.29) is 41.7 Å². The van der Waals surface area contributed by atoms with Gasteiger partial charge in [-0.2, -0.15) is 0 Å². The molecule has 0 unspecified atom stereocenters. The van der Waals surface area contributed by atoms with Crippen molar-refractivity contribution in [3.63, 3.8) is 0 Å². The van der Waals surface area contributed by atoms with E-state index in [0.29, 0.717) is 51.5 Å². The van der Waals surface area contributed by atoms with Crippen molar-refractivity contribution in [1.82, 2.24) is 25.8 Å². The highest BCUT2D eigenvalue weighted by Crippen LogP contribution is 2.46. The van der Waals surface area contributed by atoms with Crippen LogP contribution in [-0.4, -0.2) is 78.0 Å². The lowest BCUT2D eigenvalue weighted by molar-refractivity contribution is -0.147. The number of benzene rings is 1. The fraction of sp³-hybridized carbons (Fsp3) is 0.710. The molecule has 2 heterocycles. The maximum absolute atomic E-state index is 14.0. The maximum Gasteiger partial charge on any atom is 0.318 e. The number of amides is 4. The van der Waals surface area contributed by atoms with Crippen molar-refractivity contribution in [1.29, 1.82) is 0 Å². The molecule has 2 saturated heterocycles. The first-order chi connectivity index (χ1) is 19.0. The number of piperidine rings is 1. The number of piperazine rings is 1. The Morgan fingerprint density at radius 3 is 2.30 bits per heavy atom. The lowest BCUT2D eigenvalue weighted by Gasteiger charge is -2.48. The second-order valence-electron chi connectivity index (χ2n) is 13.1. The van der Waals surface area contributed by atoms with E-state index in [9.17, 15) is 18.8 Å². The van der Waals surface area contributed by atoms with Gasteiger partial charge in [0.2, 0.25) is 11.8 Å². The summed E-state index contributed by atoms with van der Waals surface area (Å²) in [5.41, 5.74) is -0.0140. The molecule has 0 bridgehead atoms. The molecule has 2 aliphatic heterocycles. The molecular formula is C31H48FN5O3. The Bertz CT molecular complexity index is 1030. The van der Waals surface area contributed by atoms with E-state index in [1.807, 2.05) is 32.6 Å². The van der Waals surface area contributed by atoms with Gasteiger partial charge in [-0.25, -0.2) is 9.18 Å². The predicted molar refractivity (Wildman–Crippen MR) is 154 cm³/mol. The van der Waals surface area contributed by atoms with Crippen LogP contribution in [0.25, 0.3) is 0 Å². The zero-order valence-corrected chi connectivity index (χ0v) is 24.7. The molecule has 0 radical (unpaired) electrons. The molecule has 9 heteroatoms. The SMILES string of the molecule is C[C@H]1CNCCN1C(=O)N[C@H](Cc1ccc(F)cc1)C(=O)N1CCC(C(=O)NC(C)(C)C)(C2CCCCC2)CC1. The third kappa shape index (κ3) is 7.33. The number of carbonyl (C=O) groups is 3. The van der Waals surface area contributed by atoms with Gasteiger partial charge in [0, 0.05) is 50.7 Å². The van der Waals surface area contributed by atoms with E-state index in [0.717, 1.165) is 31.2 Å². The van der Waals surface area contributed by atoms with Crippen molar-refractivity contribution >= 4 is 17.8 Å². The Kier molecular flexibility index (Phi) is 9.75. The highest BCUT2D eigenvalue weighted by atomic mass is 19.1. The lowest BCUT2D eigenvalue weighted by Crippen LogP contribution is -2.61.